The highest BCUT2D eigenvalue weighted by Gasteiger charge is 2.13. The smallest absolute Gasteiger partial charge is 0.330 e. The van der Waals surface area contributed by atoms with Crippen LogP contribution in [0.1, 0.15) is 18.5 Å². The second-order valence-corrected chi connectivity index (χ2v) is 3.30. The van der Waals surface area contributed by atoms with E-state index < -0.39 is 5.97 Å². The van der Waals surface area contributed by atoms with Gasteiger partial charge in [-0.15, -0.1) is 0 Å². The predicted molar refractivity (Wildman–Crippen MR) is 61.2 cm³/mol. The van der Waals surface area contributed by atoms with E-state index in [0.717, 1.165) is 0 Å². The van der Waals surface area contributed by atoms with Gasteiger partial charge >= 0.3 is 5.97 Å². The van der Waals surface area contributed by atoms with Gasteiger partial charge in [0.1, 0.15) is 6.07 Å². The lowest BCUT2D eigenvalue weighted by Gasteiger charge is -2.05. The van der Waals surface area contributed by atoms with Crippen LogP contribution in [0.5, 0.6) is 0 Å². The van der Waals surface area contributed by atoms with Crippen LogP contribution in [0.2, 0.25) is 0 Å². The number of carbonyl (C=O) groups is 1. The quantitative estimate of drug-likeness (QED) is 0.576. The Bertz CT molecular complexity index is 469. The van der Waals surface area contributed by atoms with E-state index in [1.54, 1.807) is 25.9 Å². The van der Waals surface area contributed by atoms with Gasteiger partial charge in [-0.3, -0.25) is 0 Å². The monoisotopic (exact) mass is 235 g/mol. The van der Waals surface area contributed by atoms with Crippen molar-refractivity contribution in [2.24, 2.45) is 0 Å². The summed E-state index contributed by atoms with van der Waals surface area (Å²) in [5.74, 6) is 0.0740. The third kappa shape index (κ3) is 3.34. The zero-order valence-electron chi connectivity index (χ0n) is 9.93. The van der Waals surface area contributed by atoms with Crippen molar-refractivity contribution in [3.05, 3.63) is 17.7 Å². The average molecular weight is 235 g/mol. The number of nitrogens with zero attached hydrogens (tertiary/aromatic N) is 3. The molecule has 6 heteroatoms. The molecule has 1 aromatic heterocycles. The Hall–Kier alpha value is -2.29. The summed E-state index contributed by atoms with van der Waals surface area (Å²) in [5.41, 5.74) is 0.179. The van der Waals surface area contributed by atoms with Crippen LogP contribution in [0.25, 0.3) is 6.08 Å². The van der Waals surface area contributed by atoms with Crippen molar-refractivity contribution in [3.63, 3.8) is 0 Å². The molecule has 0 aliphatic carbocycles. The molecule has 6 nitrogen and oxygen atoms in total. The van der Waals surface area contributed by atoms with Gasteiger partial charge in [0.25, 0.3) is 0 Å². The van der Waals surface area contributed by atoms with Crippen LogP contribution in [-0.4, -0.2) is 31.7 Å². The third-order valence-corrected chi connectivity index (χ3v) is 1.79. The fourth-order valence-electron chi connectivity index (χ4n) is 1.11. The van der Waals surface area contributed by atoms with Gasteiger partial charge in [0.15, 0.2) is 0 Å². The number of rotatable bonds is 4. The normalized spacial score (nSPS) is 10.2. The van der Waals surface area contributed by atoms with Crippen LogP contribution in [0.15, 0.2) is 10.5 Å². The molecule has 0 N–H and O–H groups in total. The highest BCUT2D eigenvalue weighted by Crippen LogP contribution is 2.19. The van der Waals surface area contributed by atoms with Gasteiger partial charge in [0.05, 0.1) is 6.61 Å². The van der Waals surface area contributed by atoms with E-state index in [9.17, 15) is 4.79 Å². The van der Waals surface area contributed by atoms with Gasteiger partial charge in [-0.2, -0.15) is 10.2 Å². The van der Waals surface area contributed by atoms with Crippen molar-refractivity contribution < 1.29 is 13.9 Å². The lowest BCUT2D eigenvalue weighted by molar-refractivity contribution is -0.137. The van der Waals surface area contributed by atoms with E-state index >= 15 is 0 Å². The molecule has 0 unspecified atom stereocenters. The largest absolute Gasteiger partial charge is 0.463 e. The molecule has 0 spiro atoms. The van der Waals surface area contributed by atoms with Crippen molar-refractivity contribution in [3.8, 4) is 6.07 Å². The molecule has 1 heterocycles. The molecule has 0 aromatic carbocycles. The Morgan fingerprint density at radius 2 is 2.35 bits per heavy atom. The Labute approximate surface area is 99.1 Å². The van der Waals surface area contributed by atoms with Gasteiger partial charge in [0.2, 0.25) is 17.5 Å². The number of anilines is 1. The summed E-state index contributed by atoms with van der Waals surface area (Å²) in [4.78, 5) is 16.6. The molecule has 17 heavy (non-hydrogen) atoms. The number of nitriles is 1. The Morgan fingerprint density at radius 3 is 2.82 bits per heavy atom. The summed E-state index contributed by atoms with van der Waals surface area (Å²) in [6, 6.07) is 1.91. The molecular formula is C11H13N3O3. The van der Waals surface area contributed by atoms with Crippen molar-refractivity contribution in [1.29, 1.82) is 5.26 Å². The molecular weight excluding hydrogens is 222 g/mol. The fourth-order valence-corrected chi connectivity index (χ4v) is 1.11. The lowest BCUT2D eigenvalue weighted by atomic mass is 10.4. The van der Waals surface area contributed by atoms with Crippen molar-refractivity contribution in [2.75, 3.05) is 25.6 Å². The summed E-state index contributed by atoms with van der Waals surface area (Å²) < 4.78 is 10.00. The molecule has 0 saturated carbocycles. The Morgan fingerprint density at radius 1 is 1.65 bits per heavy atom. The van der Waals surface area contributed by atoms with Crippen LogP contribution < -0.4 is 4.90 Å². The summed E-state index contributed by atoms with van der Waals surface area (Å²) in [6.45, 7) is 2.02. The summed E-state index contributed by atoms with van der Waals surface area (Å²) in [6.07, 6.45) is 2.57. The van der Waals surface area contributed by atoms with Gasteiger partial charge < -0.3 is 14.1 Å². The molecule has 0 bridgehead atoms. The highest BCUT2D eigenvalue weighted by atomic mass is 16.5. The SMILES string of the molecule is CCOC(=O)/C=C/c1nc(C#N)c(N(C)C)o1. The topological polar surface area (TPSA) is 79.4 Å². The fraction of sp³-hybridized carbons (Fsp3) is 0.364. The first-order valence-electron chi connectivity index (χ1n) is 5.01. The number of hydrogen-bond donors (Lipinski definition) is 0. The van der Waals surface area contributed by atoms with E-state index in [-0.39, 0.29) is 11.6 Å². The summed E-state index contributed by atoms with van der Waals surface area (Å²) >= 11 is 0. The van der Waals surface area contributed by atoms with Crippen LogP contribution >= 0.6 is 0 Å². The maximum atomic E-state index is 11.1. The molecule has 0 amide bonds. The summed E-state index contributed by atoms with van der Waals surface area (Å²) in [7, 11) is 3.47. The minimum atomic E-state index is -0.476. The molecule has 0 aliphatic heterocycles. The number of carbonyl (C=O) groups excluding carboxylic acids is 1. The second kappa shape index (κ2) is 5.70. The third-order valence-electron chi connectivity index (χ3n) is 1.79. The Kier molecular flexibility index (Phi) is 4.29. The zero-order chi connectivity index (χ0) is 12.8. The second-order valence-electron chi connectivity index (χ2n) is 3.30. The minimum Gasteiger partial charge on any atom is -0.463 e. The Balaban J connectivity index is 2.87. The minimum absolute atomic E-state index is 0.179. The number of oxazole rings is 1. The maximum Gasteiger partial charge on any atom is 0.330 e. The molecule has 0 atom stereocenters. The van der Waals surface area contributed by atoms with E-state index in [2.05, 4.69) is 4.98 Å². The average Bonchev–Trinajstić information content (AvgIpc) is 2.70. The van der Waals surface area contributed by atoms with E-state index in [1.165, 1.54) is 12.2 Å². The molecule has 0 saturated heterocycles. The molecule has 1 aromatic rings. The number of aromatic nitrogens is 1. The molecule has 0 fully saturated rings. The van der Waals surface area contributed by atoms with Gasteiger partial charge in [0, 0.05) is 26.2 Å². The molecule has 1 rings (SSSR count). The van der Waals surface area contributed by atoms with Gasteiger partial charge in [-0.25, -0.2) is 4.79 Å². The highest BCUT2D eigenvalue weighted by molar-refractivity contribution is 5.86. The van der Waals surface area contributed by atoms with Gasteiger partial charge in [-0.1, -0.05) is 0 Å². The summed E-state index contributed by atoms with van der Waals surface area (Å²) in [5, 5.41) is 8.83. The molecule has 90 valence electrons. The first-order valence-corrected chi connectivity index (χ1v) is 5.01. The number of esters is 1. The molecule has 0 radical (unpaired) electrons. The van der Waals surface area contributed by atoms with E-state index in [0.29, 0.717) is 12.5 Å². The van der Waals surface area contributed by atoms with Gasteiger partial charge in [-0.05, 0) is 6.92 Å². The van der Waals surface area contributed by atoms with E-state index in [1.807, 2.05) is 6.07 Å². The first-order chi connectivity index (χ1) is 8.08. The standard InChI is InChI=1S/C11H13N3O3/c1-4-16-10(15)6-5-9-13-8(7-12)11(17-9)14(2)3/h5-6H,4H2,1-3H3/b6-5+. The predicted octanol–water partition coefficient (Wildman–Crippen LogP) is 1.19. The van der Waals surface area contributed by atoms with E-state index in [4.69, 9.17) is 14.4 Å². The van der Waals surface area contributed by atoms with Crippen LogP contribution in [0, 0.1) is 11.3 Å². The first kappa shape index (κ1) is 12.8. The van der Waals surface area contributed by atoms with Crippen molar-refractivity contribution in [2.45, 2.75) is 6.92 Å². The van der Waals surface area contributed by atoms with Crippen molar-refractivity contribution >= 4 is 17.9 Å². The molecule has 0 aliphatic rings. The number of hydrogen-bond acceptors (Lipinski definition) is 6. The van der Waals surface area contributed by atoms with Crippen LogP contribution in [0.4, 0.5) is 5.88 Å². The van der Waals surface area contributed by atoms with Crippen molar-refractivity contribution in [1.82, 2.24) is 4.98 Å². The number of ether oxygens (including phenoxy) is 1. The zero-order valence-corrected chi connectivity index (χ0v) is 9.93. The van der Waals surface area contributed by atoms with Crippen LogP contribution in [-0.2, 0) is 9.53 Å². The van der Waals surface area contributed by atoms with Crippen LogP contribution in [0.3, 0.4) is 0 Å². The lowest BCUT2D eigenvalue weighted by Crippen LogP contribution is -2.08. The maximum absolute atomic E-state index is 11.1.